The molecule has 3 nitrogen and oxygen atoms in total. The third-order valence-electron chi connectivity index (χ3n) is 2.68. The van der Waals surface area contributed by atoms with E-state index < -0.39 is 0 Å². The van der Waals surface area contributed by atoms with Gasteiger partial charge in [0.25, 0.3) is 0 Å². The van der Waals surface area contributed by atoms with E-state index in [2.05, 4.69) is 13.8 Å². The van der Waals surface area contributed by atoms with Crippen LogP contribution in [0.2, 0.25) is 0 Å². The first-order valence-corrected chi connectivity index (χ1v) is 5.08. The molecule has 0 bridgehead atoms. The number of ether oxygens (including phenoxy) is 2. The zero-order valence-electron chi connectivity index (χ0n) is 9.70. The molecule has 0 fully saturated rings. The summed E-state index contributed by atoms with van der Waals surface area (Å²) in [5.74, 6) is 1.41. The molecule has 0 aromatic heterocycles. The van der Waals surface area contributed by atoms with E-state index in [0.29, 0.717) is 17.4 Å². The first kappa shape index (κ1) is 11.7. The number of phenols is 1. The second kappa shape index (κ2) is 4.91. The second-order valence-electron chi connectivity index (χ2n) is 3.58. The third-order valence-corrected chi connectivity index (χ3v) is 2.68. The first-order valence-electron chi connectivity index (χ1n) is 5.08. The average molecular weight is 210 g/mol. The lowest BCUT2D eigenvalue weighted by Gasteiger charge is -2.14. The van der Waals surface area contributed by atoms with Gasteiger partial charge in [-0.05, 0) is 30.0 Å². The molecule has 0 radical (unpaired) electrons. The molecule has 1 unspecified atom stereocenters. The molecular weight excluding hydrogens is 192 g/mol. The predicted molar refractivity (Wildman–Crippen MR) is 59.9 cm³/mol. The van der Waals surface area contributed by atoms with E-state index in [1.54, 1.807) is 0 Å². The molecule has 15 heavy (non-hydrogen) atoms. The van der Waals surface area contributed by atoms with Crippen molar-refractivity contribution in [3.63, 3.8) is 0 Å². The fourth-order valence-electron chi connectivity index (χ4n) is 1.43. The minimum Gasteiger partial charge on any atom is -0.502 e. The summed E-state index contributed by atoms with van der Waals surface area (Å²) in [7, 11) is 3.07. The van der Waals surface area contributed by atoms with Gasteiger partial charge in [-0.25, -0.2) is 0 Å². The second-order valence-corrected chi connectivity index (χ2v) is 3.58. The Kier molecular flexibility index (Phi) is 3.83. The van der Waals surface area contributed by atoms with Gasteiger partial charge >= 0.3 is 0 Å². The number of methoxy groups -OCH3 is 2. The fraction of sp³-hybridized carbons (Fsp3) is 0.500. The molecule has 0 heterocycles. The number of hydrogen-bond donors (Lipinski definition) is 1. The van der Waals surface area contributed by atoms with Gasteiger partial charge in [0.05, 0.1) is 14.2 Å². The highest BCUT2D eigenvalue weighted by atomic mass is 16.5. The van der Waals surface area contributed by atoms with Crippen molar-refractivity contribution < 1.29 is 14.6 Å². The molecule has 1 rings (SSSR count). The van der Waals surface area contributed by atoms with Crippen molar-refractivity contribution in [2.24, 2.45) is 0 Å². The van der Waals surface area contributed by atoms with Gasteiger partial charge in [-0.2, -0.15) is 0 Å². The smallest absolute Gasteiger partial charge is 0.200 e. The monoisotopic (exact) mass is 210 g/mol. The normalized spacial score (nSPS) is 12.3. The molecule has 1 aromatic rings. The van der Waals surface area contributed by atoms with Crippen molar-refractivity contribution in [3.05, 3.63) is 17.7 Å². The van der Waals surface area contributed by atoms with E-state index in [0.717, 1.165) is 12.0 Å². The maximum absolute atomic E-state index is 9.72. The minimum atomic E-state index is 0.0621. The standard InChI is InChI=1S/C12H18O3/c1-5-8(2)9-6-10(14-3)12(13)11(7-9)15-4/h6-8,13H,5H2,1-4H3. The highest BCUT2D eigenvalue weighted by molar-refractivity contribution is 5.53. The van der Waals surface area contributed by atoms with Gasteiger partial charge in [0, 0.05) is 0 Å². The first-order chi connectivity index (χ1) is 7.13. The highest BCUT2D eigenvalue weighted by Gasteiger charge is 2.13. The molecule has 0 saturated carbocycles. The van der Waals surface area contributed by atoms with Gasteiger partial charge in [-0.3, -0.25) is 0 Å². The van der Waals surface area contributed by atoms with Crippen molar-refractivity contribution in [1.82, 2.24) is 0 Å². The van der Waals surface area contributed by atoms with Crippen LogP contribution in [-0.2, 0) is 0 Å². The molecule has 3 heteroatoms. The summed E-state index contributed by atoms with van der Waals surface area (Å²) >= 11 is 0. The summed E-state index contributed by atoms with van der Waals surface area (Å²) in [6.45, 7) is 4.25. The number of benzene rings is 1. The van der Waals surface area contributed by atoms with Crippen LogP contribution < -0.4 is 9.47 Å². The SMILES string of the molecule is CCC(C)c1cc(OC)c(O)c(OC)c1. The molecule has 0 spiro atoms. The van der Waals surface area contributed by atoms with Crippen LogP contribution in [0.1, 0.15) is 31.7 Å². The quantitative estimate of drug-likeness (QED) is 0.830. The van der Waals surface area contributed by atoms with Gasteiger partial charge in [0.1, 0.15) is 0 Å². The number of hydrogen-bond acceptors (Lipinski definition) is 3. The van der Waals surface area contributed by atoms with Gasteiger partial charge in [-0.15, -0.1) is 0 Å². The zero-order valence-corrected chi connectivity index (χ0v) is 9.70. The Morgan fingerprint density at radius 2 is 1.67 bits per heavy atom. The van der Waals surface area contributed by atoms with E-state index >= 15 is 0 Å². The summed E-state index contributed by atoms with van der Waals surface area (Å²) in [4.78, 5) is 0. The van der Waals surface area contributed by atoms with Crippen molar-refractivity contribution in [1.29, 1.82) is 0 Å². The molecule has 84 valence electrons. The maximum atomic E-state index is 9.72. The largest absolute Gasteiger partial charge is 0.502 e. The molecule has 1 N–H and O–H groups in total. The van der Waals surface area contributed by atoms with E-state index in [9.17, 15) is 5.11 Å². The van der Waals surface area contributed by atoms with Gasteiger partial charge in [-0.1, -0.05) is 13.8 Å². The van der Waals surface area contributed by atoms with Crippen molar-refractivity contribution >= 4 is 0 Å². The van der Waals surface area contributed by atoms with Crippen LogP contribution in [0.25, 0.3) is 0 Å². The van der Waals surface area contributed by atoms with Crippen LogP contribution in [0, 0.1) is 0 Å². The summed E-state index contributed by atoms with van der Waals surface area (Å²) in [6, 6.07) is 3.71. The summed E-state index contributed by atoms with van der Waals surface area (Å²) in [5, 5.41) is 9.72. The Bertz CT molecular complexity index is 309. The third kappa shape index (κ3) is 2.35. The Hall–Kier alpha value is -1.38. The molecule has 0 amide bonds. The summed E-state index contributed by atoms with van der Waals surface area (Å²) < 4.78 is 10.2. The fourth-order valence-corrected chi connectivity index (χ4v) is 1.43. The van der Waals surface area contributed by atoms with Crippen molar-refractivity contribution in [2.75, 3.05) is 14.2 Å². The van der Waals surface area contributed by atoms with Gasteiger partial charge in [0.2, 0.25) is 5.75 Å². The lowest BCUT2D eigenvalue weighted by molar-refractivity contribution is 0.338. The molecule has 1 atom stereocenters. The van der Waals surface area contributed by atoms with Crippen molar-refractivity contribution in [3.8, 4) is 17.2 Å². The van der Waals surface area contributed by atoms with Crippen LogP contribution in [0.5, 0.6) is 17.2 Å². The molecule has 0 aliphatic rings. The Morgan fingerprint density at radius 3 is 2.00 bits per heavy atom. The van der Waals surface area contributed by atoms with Crippen LogP contribution in [0.15, 0.2) is 12.1 Å². The molecule has 0 aliphatic heterocycles. The predicted octanol–water partition coefficient (Wildman–Crippen LogP) is 2.92. The maximum Gasteiger partial charge on any atom is 0.200 e. The highest BCUT2D eigenvalue weighted by Crippen LogP contribution is 2.39. The Balaban J connectivity index is 3.20. The topological polar surface area (TPSA) is 38.7 Å². The lowest BCUT2D eigenvalue weighted by atomic mass is 9.98. The molecule has 0 aliphatic carbocycles. The van der Waals surface area contributed by atoms with E-state index in [-0.39, 0.29) is 5.75 Å². The van der Waals surface area contributed by atoms with E-state index in [4.69, 9.17) is 9.47 Å². The summed E-state index contributed by atoms with van der Waals surface area (Å²) in [5.41, 5.74) is 1.11. The van der Waals surface area contributed by atoms with E-state index in [1.165, 1.54) is 14.2 Å². The van der Waals surface area contributed by atoms with Crippen LogP contribution in [0.3, 0.4) is 0 Å². The molecule has 0 saturated heterocycles. The van der Waals surface area contributed by atoms with Crippen molar-refractivity contribution in [2.45, 2.75) is 26.2 Å². The van der Waals surface area contributed by atoms with Crippen LogP contribution >= 0.6 is 0 Å². The Morgan fingerprint density at radius 1 is 1.20 bits per heavy atom. The number of aromatic hydroxyl groups is 1. The van der Waals surface area contributed by atoms with Gasteiger partial charge in [0.15, 0.2) is 11.5 Å². The van der Waals surface area contributed by atoms with Crippen LogP contribution in [0.4, 0.5) is 0 Å². The average Bonchev–Trinajstić information content (AvgIpc) is 2.28. The minimum absolute atomic E-state index is 0.0621. The van der Waals surface area contributed by atoms with E-state index in [1.807, 2.05) is 12.1 Å². The van der Waals surface area contributed by atoms with Crippen LogP contribution in [-0.4, -0.2) is 19.3 Å². The lowest BCUT2D eigenvalue weighted by Crippen LogP contribution is -1.95. The molecule has 1 aromatic carbocycles. The zero-order chi connectivity index (χ0) is 11.4. The Labute approximate surface area is 90.6 Å². The van der Waals surface area contributed by atoms with Gasteiger partial charge < -0.3 is 14.6 Å². The number of phenolic OH excluding ortho intramolecular Hbond substituents is 1. The number of rotatable bonds is 4. The molecular formula is C12H18O3. The summed E-state index contributed by atoms with van der Waals surface area (Å²) in [6.07, 6.45) is 1.04.